The number of thioether (sulfide) groups is 1. The van der Waals surface area contributed by atoms with E-state index in [1.54, 1.807) is 23.6 Å². The fourth-order valence-electron chi connectivity index (χ4n) is 1.63. The maximum absolute atomic E-state index is 4.97. The number of ether oxygens (including phenoxy) is 1. The number of hydrogen-bond acceptors (Lipinski definition) is 8. The van der Waals surface area contributed by atoms with Crippen LogP contribution in [0.5, 0.6) is 0 Å². The molecule has 1 N–H and O–H groups in total. The molecule has 2 heterocycles. The first-order valence-corrected chi connectivity index (χ1v) is 7.64. The molecule has 0 spiro atoms. The third-order valence-corrected chi connectivity index (χ3v) is 3.95. The molecule has 10 heteroatoms. The Kier molecular flexibility index (Phi) is 6.08. The van der Waals surface area contributed by atoms with Crippen molar-refractivity contribution in [1.29, 1.82) is 0 Å². The molecule has 0 aliphatic heterocycles. The summed E-state index contributed by atoms with van der Waals surface area (Å²) in [4.78, 5) is 0. The molecule has 2 rings (SSSR count). The van der Waals surface area contributed by atoms with Crippen LogP contribution in [-0.2, 0) is 24.1 Å². The first kappa shape index (κ1) is 15.9. The molecule has 21 heavy (non-hydrogen) atoms. The zero-order valence-corrected chi connectivity index (χ0v) is 13.3. The van der Waals surface area contributed by atoms with E-state index < -0.39 is 0 Å². The van der Waals surface area contributed by atoms with Gasteiger partial charge in [0.25, 0.3) is 0 Å². The summed E-state index contributed by atoms with van der Waals surface area (Å²) in [7, 11) is 3.64. The first-order valence-electron chi connectivity index (χ1n) is 6.66. The summed E-state index contributed by atoms with van der Waals surface area (Å²) in [5, 5.41) is 24.0. The second-order valence-corrected chi connectivity index (χ2v) is 5.38. The Hall–Kier alpha value is -1.52. The average Bonchev–Trinajstić information content (AvgIpc) is 3.05. The second-order valence-electron chi connectivity index (χ2n) is 4.44. The lowest BCUT2D eigenvalue weighted by atomic mass is 10.6. The number of tetrazole rings is 1. The number of hydrogen-bond donors (Lipinski definition) is 1. The lowest BCUT2D eigenvalue weighted by Crippen LogP contribution is -2.24. The Balaban J connectivity index is 1.81. The molecule has 0 saturated heterocycles. The van der Waals surface area contributed by atoms with E-state index in [9.17, 15) is 0 Å². The van der Waals surface area contributed by atoms with Gasteiger partial charge in [-0.2, -0.15) is 0 Å². The fourth-order valence-corrected chi connectivity index (χ4v) is 2.51. The van der Waals surface area contributed by atoms with Crippen molar-refractivity contribution in [1.82, 2.24) is 40.3 Å². The highest BCUT2D eigenvalue weighted by Gasteiger charge is 2.10. The summed E-state index contributed by atoms with van der Waals surface area (Å²) in [6.07, 6.45) is 0. The molecule has 0 unspecified atom stereocenters. The van der Waals surface area contributed by atoms with Gasteiger partial charge < -0.3 is 14.6 Å². The van der Waals surface area contributed by atoms with Crippen molar-refractivity contribution in [2.24, 2.45) is 7.05 Å². The average molecular weight is 312 g/mol. The Morgan fingerprint density at radius 3 is 2.81 bits per heavy atom. The molecule has 0 atom stereocenters. The summed E-state index contributed by atoms with van der Waals surface area (Å²) in [5.74, 6) is 2.49. The molecule has 0 amide bonds. The van der Waals surface area contributed by atoms with Crippen molar-refractivity contribution in [2.75, 3.05) is 26.8 Å². The van der Waals surface area contributed by atoms with Gasteiger partial charge in [0.2, 0.25) is 5.16 Å². The lowest BCUT2D eigenvalue weighted by Gasteiger charge is -2.06. The van der Waals surface area contributed by atoms with Crippen LogP contribution < -0.4 is 5.32 Å². The van der Waals surface area contributed by atoms with Gasteiger partial charge in [0.1, 0.15) is 11.6 Å². The normalized spacial score (nSPS) is 11.2. The molecular weight excluding hydrogens is 292 g/mol. The van der Waals surface area contributed by atoms with Gasteiger partial charge in [-0.15, -0.1) is 15.3 Å². The molecule has 2 aromatic heterocycles. The third kappa shape index (κ3) is 4.48. The van der Waals surface area contributed by atoms with Crippen molar-refractivity contribution in [2.45, 2.75) is 24.4 Å². The lowest BCUT2D eigenvalue weighted by molar-refractivity contribution is 0.199. The summed E-state index contributed by atoms with van der Waals surface area (Å²) in [5.41, 5.74) is 0. The van der Waals surface area contributed by atoms with Crippen LogP contribution in [-0.4, -0.2) is 61.8 Å². The van der Waals surface area contributed by atoms with E-state index in [1.807, 2.05) is 18.5 Å². The summed E-state index contributed by atoms with van der Waals surface area (Å²) >= 11 is 1.55. The van der Waals surface area contributed by atoms with Gasteiger partial charge in [0.15, 0.2) is 0 Å². The van der Waals surface area contributed by atoms with Gasteiger partial charge in [0.05, 0.1) is 18.9 Å². The smallest absolute Gasteiger partial charge is 0.209 e. The maximum atomic E-state index is 4.97. The van der Waals surface area contributed by atoms with Crippen LogP contribution in [0.4, 0.5) is 0 Å². The molecule has 0 saturated carbocycles. The number of aromatic nitrogens is 7. The third-order valence-electron chi connectivity index (χ3n) is 3.00. The van der Waals surface area contributed by atoms with Gasteiger partial charge >= 0.3 is 0 Å². The van der Waals surface area contributed by atoms with Crippen molar-refractivity contribution in [3.05, 3.63) is 11.6 Å². The van der Waals surface area contributed by atoms with Gasteiger partial charge in [-0.05, 0) is 17.4 Å². The van der Waals surface area contributed by atoms with Gasteiger partial charge in [-0.3, -0.25) is 0 Å². The van der Waals surface area contributed by atoms with E-state index in [-0.39, 0.29) is 0 Å². The van der Waals surface area contributed by atoms with E-state index in [4.69, 9.17) is 4.74 Å². The summed E-state index contributed by atoms with van der Waals surface area (Å²) in [6.45, 7) is 4.96. The zero-order chi connectivity index (χ0) is 15.1. The van der Waals surface area contributed by atoms with Crippen LogP contribution in [0.15, 0.2) is 5.16 Å². The van der Waals surface area contributed by atoms with E-state index >= 15 is 0 Å². The van der Waals surface area contributed by atoms with Crippen molar-refractivity contribution >= 4 is 11.8 Å². The zero-order valence-electron chi connectivity index (χ0n) is 12.5. The van der Waals surface area contributed by atoms with Crippen LogP contribution >= 0.6 is 11.8 Å². The Bertz CT molecular complexity index is 554. The highest BCUT2D eigenvalue weighted by atomic mass is 32.2. The Morgan fingerprint density at radius 1 is 1.24 bits per heavy atom. The molecule has 0 bridgehead atoms. The van der Waals surface area contributed by atoms with Crippen LogP contribution in [0, 0.1) is 6.92 Å². The SMILES string of the molecule is COCCNCCn1nnnc1SCc1nnc(C)n1C. The van der Waals surface area contributed by atoms with Crippen molar-refractivity contribution in [3.8, 4) is 0 Å². The Labute approximate surface area is 127 Å². The number of nitrogens with zero attached hydrogens (tertiary/aromatic N) is 7. The monoisotopic (exact) mass is 312 g/mol. The van der Waals surface area contributed by atoms with E-state index in [0.717, 1.165) is 36.4 Å². The quantitative estimate of drug-likeness (QED) is 0.495. The van der Waals surface area contributed by atoms with E-state index in [2.05, 4.69) is 31.0 Å². The van der Waals surface area contributed by atoms with E-state index in [0.29, 0.717) is 12.4 Å². The molecule has 116 valence electrons. The molecule has 0 aliphatic rings. The highest BCUT2D eigenvalue weighted by molar-refractivity contribution is 7.98. The fraction of sp³-hybridized carbons (Fsp3) is 0.727. The number of methoxy groups -OCH3 is 1. The minimum absolute atomic E-state index is 0.689. The topological polar surface area (TPSA) is 95.6 Å². The number of nitrogens with one attached hydrogen (secondary N) is 1. The van der Waals surface area contributed by atoms with Gasteiger partial charge in [0, 0.05) is 27.2 Å². The van der Waals surface area contributed by atoms with E-state index in [1.165, 1.54) is 0 Å². The van der Waals surface area contributed by atoms with Gasteiger partial charge in [-0.25, -0.2) is 4.68 Å². The van der Waals surface area contributed by atoms with Crippen LogP contribution in [0.1, 0.15) is 11.6 Å². The van der Waals surface area contributed by atoms with Gasteiger partial charge in [-0.1, -0.05) is 11.8 Å². The standard InChI is InChI=1S/C11H20N8OS/c1-9-13-14-10(18(9)2)8-21-11-15-16-17-19(11)6-4-12-5-7-20-3/h12H,4-8H2,1-3H3. The van der Waals surface area contributed by atoms with Crippen molar-refractivity contribution < 1.29 is 4.74 Å². The predicted octanol–water partition coefficient (Wildman–Crippen LogP) is -0.362. The molecule has 9 nitrogen and oxygen atoms in total. The minimum Gasteiger partial charge on any atom is -0.383 e. The minimum atomic E-state index is 0.689. The van der Waals surface area contributed by atoms with Crippen LogP contribution in [0.25, 0.3) is 0 Å². The second kappa shape index (κ2) is 8.05. The summed E-state index contributed by atoms with van der Waals surface area (Å²) < 4.78 is 8.73. The maximum Gasteiger partial charge on any atom is 0.209 e. The summed E-state index contributed by atoms with van der Waals surface area (Å²) in [6, 6.07) is 0. The Morgan fingerprint density at radius 2 is 2.10 bits per heavy atom. The largest absolute Gasteiger partial charge is 0.383 e. The predicted molar refractivity (Wildman–Crippen MR) is 77.9 cm³/mol. The highest BCUT2D eigenvalue weighted by Crippen LogP contribution is 2.18. The molecule has 2 aromatic rings. The first-order chi connectivity index (χ1) is 10.2. The van der Waals surface area contributed by atoms with Crippen molar-refractivity contribution in [3.63, 3.8) is 0 Å². The van der Waals surface area contributed by atoms with Crippen LogP contribution in [0.2, 0.25) is 0 Å². The number of aryl methyl sites for hydroxylation is 1. The molecule has 0 fully saturated rings. The van der Waals surface area contributed by atoms with Crippen LogP contribution in [0.3, 0.4) is 0 Å². The molecule has 0 aliphatic carbocycles. The number of rotatable bonds is 9. The molecular formula is C11H20N8OS. The molecule has 0 aromatic carbocycles. The molecule has 0 radical (unpaired) electrons.